The molecule has 1 rings (SSSR count). The fraction of sp³-hybridized carbons (Fsp3) is 0.167. The zero-order valence-electron chi connectivity index (χ0n) is 5.74. The summed E-state index contributed by atoms with van der Waals surface area (Å²) in [5, 5.41) is 11.9. The fourth-order valence-corrected chi connectivity index (χ4v) is 2.16. The van der Waals surface area contributed by atoms with Crippen molar-refractivity contribution >= 4 is 33.5 Å². The van der Waals surface area contributed by atoms with Crippen LogP contribution in [0, 0.1) is 0 Å². The van der Waals surface area contributed by atoms with E-state index < -0.39 is 0 Å². The second kappa shape index (κ2) is 3.73. The van der Waals surface area contributed by atoms with Crippen LogP contribution in [0.4, 0.5) is 0 Å². The minimum atomic E-state index is 0.778. The number of rotatable bonds is 2. The summed E-state index contributed by atoms with van der Waals surface area (Å²) in [6.45, 7) is 0. The Bertz CT molecular complexity index is 272. The van der Waals surface area contributed by atoms with Gasteiger partial charge in [0.1, 0.15) is 0 Å². The highest BCUT2D eigenvalue weighted by atomic mass is 79.9. The molecule has 5 heteroatoms. The first-order valence-electron chi connectivity index (χ1n) is 2.78. The molecule has 0 radical (unpaired) electrons. The Morgan fingerprint density at radius 1 is 1.82 bits per heavy atom. The lowest BCUT2D eigenvalue weighted by atomic mass is 10.5. The number of nitrogens with zero attached hydrogens (tertiary/aromatic N) is 1. The number of hydrogen-bond donors (Lipinski definition) is 1. The lowest BCUT2D eigenvalue weighted by Crippen LogP contribution is -1.75. The molecule has 0 saturated carbocycles. The highest BCUT2D eigenvalue weighted by Crippen LogP contribution is 2.33. The Morgan fingerprint density at radius 2 is 2.55 bits per heavy atom. The molecule has 0 fully saturated rings. The van der Waals surface area contributed by atoms with E-state index in [0.29, 0.717) is 0 Å². The first-order chi connectivity index (χ1) is 5.27. The first kappa shape index (κ1) is 8.55. The average Bonchev–Trinajstić information content (AvgIpc) is 2.32. The number of halogens is 1. The van der Waals surface area contributed by atoms with Gasteiger partial charge in [-0.2, -0.15) is 0 Å². The SMILES string of the molecule is COc1sc(/C=N\O)cc1Br. The molecule has 0 amide bonds. The number of methoxy groups -OCH3 is 1. The third-order valence-electron chi connectivity index (χ3n) is 1.04. The molecular weight excluding hydrogens is 230 g/mol. The standard InChI is InChI=1S/C6H6BrNO2S/c1-10-6-5(7)2-4(11-6)3-8-9/h2-3,9H,1H3/b8-3-. The van der Waals surface area contributed by atoms with Crippen molar-refractivity contribution in [2.24, 2.45) is 5.16 Å². The van der Waals surface area contributed by atoms with Gasteiger partial charge in [0.2, 0.25) is 0 Å². The van der Waals surface area contributed by atoms with Crippen LogP contribution in [0.2, 0.25) is 0 Å². The van der Waals surface area contributed by atoms with Gasteiger partial charge >= 0.3 is 0 Å². The minimum Gasteiger partial charge on any atom is -0.486 e. The maximum atomic E-state index is 8.21. The Kier molecular flexibility index (Phi) is 2.90. The third-order valence-corrected chi connectivity index (χ3v) is 2.93. The van der Waals surface area contributed by atoms with Crippen molar-refractivity contribution in [2.45, 2.75) is 0 Å². The molecular formula is C6H6BrNO2S. The monoisotopic (exact) mass is 235 g/mol. The van der Waals surface area contributed by atoms with Crippen molar-refractivity contribution in [1.82, 2.24) is 0 Å². The van der Waals surface area contributed by atoms with Gasteiger partial charge in [0.15, 0.2) is 5.06 Å². The van der Waals surface area contributed by atoms with Crippen molar-refractivity contribution in [3.8, 4) is 5.06 Å². The Balaban J connectivity index is 2.95. The molecule has 0 aliphatic heterocycles. The van der Waals surface area contributed by atoms with Crippen LogP contribution in [-0.4, -0.2) is 18.5 Å². The zero-order valence-corrected chi connectivity index (χ0v) is 8.15. The van der Waals surface area contributed by atoms with Crippen LogP contribution < -0.4 is 4.74 Å². The largest absolute Gasteiger partial charge is 0.486 e. The average molecular weight is 236 g/mol. The number of hydrogen-bond acceptors (Lipinski definition) is 4. The third kappa shape index (κ3) is 1.94. The van der Waals surface area contributed by atoms with Crippen LogP contribution in [0.5, 0.6) is 5.06 Å². The molecule has 0 aliphatic rings. The summed E-state index contributed by atoms with van der Waals surface area (Å²) in [7, 11) is 1.59. The molecule has 0 unspecified atom stereocenters. The summed E-state index contributed by atoms with van der Waals surface area (Å²) in [5.74, 6) is 0. The van der Waals surface area contributed by atoms with E-state index in [1.807, 2.05) is 6.07 Å². The number of oxime groups is 1. The van der Waals surface area contributed by atoms with Crippen molar-refractivity contribution in [3.05, 3.63) is 15.4 Å². The zero-order chi connectivity index (χ0) is 8.27. The van der Waals surface area contributed by atoms with Crippen molar-refractivity contribution in [2.75, 3.05) is 7.11 Å². The molecule has 1 aromatic heterocycles. The van der Waals surface area contributed by atoms with E-state index in [1.165, 1.54) is 17.6 Å². The topological polar surface area (TPSA) is 41.8 Å². The van der Waals surface area contributed by atoms with E-state index in [1.54, 1.807) is 7.11 Å². The van der Waals surface area contributed by atoms with E-state index in [0.717, 1.165) is 14.4 Å². The van der Waals surface area contributed by atoms with Gasteiger partial charge in [-0.25, -0.2) is 0 Å². The van der Waals surface area contributed by atoms with Gasteiger partial charge in [-0.05, 0) is 22.0 Å². The quantitative estimate of drug-likeness (QED) is 0.486. The molecule has 0 aliphatic carbocycles. The van der Waals surface area contributed by atoms with Gasteiger partial charge < -0.3 is 9.94 Å². The lowest BCUT2D eigenvalue weighted by Gasteiger charge is -1.91. The van der Waals surface area contributed by atoms with E-state index in [4.69, 9.17) is 9.94 Å². The van der Waals surface area contributed by atoms with E-state index in [2.05, 4.69) is 21.1 Å². The van der Waals surface area contributed by atoms with Crippen LogP contribution in [-0.2, 0) is 0 Å². The predicted molar refractivity (Wildman–Crippen MR) is 48.0 cm³/mol. The molecule has 11 heavy (non-hydrogen) atoms. The summed E-state index contributed by atoms with van der Waals surface area (Å²) in [6, 6.07) is 1.82. The number of thiophene rings is 1. The molecule has 1 aromatic rings. The second-order valence-electron chi connectivity index (χ2n) is 1.73. The molecule has 1 heterocycles. The summed E-state index contributed by atoms with van der Waals surface area (Å²) < 4.78 is 5.88. The minimum absolute atomic E-state index is 0.778. The van der Waals surface area contributed by atoms with Gasteiger partial charge in [0, 0.05) is 0 Å². The summed E-state index contributed by atoms with van der Waals surface area (Å²) in [5.41, 5.74) is 0. The maximum absolute atomic E-state index is 8.21. The predicted octanol–water partition coefficient (Wildman–Crippen LogP) is 2.33. The van der Waals surface area contributed by atoms with Gasteiger partial charge in [-0.1, -0.05) is 16.5 Å². The highest BCUT2D eigenvalue weighted by Gasteiger charge is 2.04. The van der Waals surface area contributed by atoms with Crippen LogP contribution in [0.15, 0.2) is 15.7 Å². The van der Waals surface area contributed by atoms with Crippen molar-refractivity contribution in [3.63, 3.8) is 0 Å². The van der Waals surface area contributed by atoms with Gasteiger partial charge in [-0.15, -0.1) is 0 Å². The van der Waals surface area contributed by atoms with E-state index >= 15 is 0 Å². The molecule has 0 bridgehead atoms. The molecule has 1 N–H and O–H groups in total. The highest BCUT2D eigenvalue weighted by molar-refractivity contribution is 9.10. The molecule has 0 spiro atoms. The molecule has 0 aromatic carbocycles. The van der Waals surface area contributed by atoms with E-state index in [9.17, 15) is 0 Å². The van der Waals surface area contributed by atoms with Crippen LogP contribution in [0.1, 0.15) is 4.88 Å². The van der Waals surface area contributed by atoms with Crippen LogP contribution in [0.25, 0.3) is 0 Å². The van der Waals surface area contributed by atoms with Crippen LogP contribution in [0.3, 0.4) is 0 Å². The smallest absolute Gasteiger partial charge is 0.188 e. The van der Waals surface area contributed by atoms with Gasteiger partial charge in [-0.3, -0.25) is 0 Å². The Hall–Kier alpha value is -0.550. The Morgan fingerprint density at radius 3 is 3.00 bits per heavy atom. The fourth-order valence-electron chi connectivity index (χ4n) is 0.629. The summed E-state index contributed by atoms with van der Waals surface area (Å²) in [4.78, 5) is 0.844. The summed E-state index contributed by atoms with van der Waals surface area (Å²) in [6.07, 6.45) is 1.36. The number of ether oxygens (including phenoxy) is 1. The first-order valence-corrected chi connectivity index (χ1v) is 4.39. The molecule has 0 atom stereocenters. The van der Waals surface area contributed by atoms with Gasteiger partial charge in [0.25, 0.3) is 0 Å². The normalized spacial score (nSPS) is 10.7. The second-order valence-corrected chi connectivity index (χ2v) is 3.63. The Labute approximate surface area is 76.4 Å². The van der Waals surface area contributed by atoms with E-state index in [-0.39, 0.29) is 0 Å². The summed E-state index contributed by atoms with van der Waals surface area (Å²) >= 11 is 4.70. The molecule has 0 saturated heterocycles. The lowest BCUT2D eigenvalue weighted by molar-refractivity contribution is 0.322. The molecule has 60 valence electrons. The van der Waals surface area contributed by atoms with Crippen molar-refractivity contribution in [1.29, 1.82) is 0 Å². The van der Waals surface area contributed by atoms with Crippen molar-refractivity contribution < 1.29 is 9.94 Å². The maximum Gasteiger partial charge on any atom is 0.188 e. The van der Waals surface area contributed by atoms with Crippen LogP contribution >= 0.6 is 27.3 Å². The molecule has 3 nitrogen and oxygen atoms in total. The van der Waals surface area contributed by atoms with Gasteiger partial charge in [0.05, 0.1) is 22.7 Å².